The topological polar surface area (TPSA) is 74.8 Å². The molecule has 0 unspecified atom stereocenters. The molecule has 0 atom stereocenters. The summed E-state index contributed by atoms with van der Waals surface area (Å²) in [4.78, 5) is 18.5. The Balaban J connectivity index is 1.90. The van der Waals surface area contributed by atoms with Crippen LogP contribution in [-0.2, 0) is 11.3 Å². The first-order valence-electron chi connectivity index (χ1n) is 9.37. The van der Waals surface area contributed by atoms with Crippen LogP contribution in [0.4, 0.5) is 0 Å². The van der Waals surface area contributed by atoms with Crippen molar-refractivity contribution in [2.75, 3.05) is 13.6 Å². The number of hydrogen-bond acceptors (Lipinski definition) is 4. The number of aromatic nitrogens is 3. The maximum absolute atomic E-state index is 12.5. The number of hydrogen-bond donors (Lipinski definition) is 0. The fourth-order valence-corrected chi connectivity index (χ4v) is 3.61. The van der Waals surface area contributed by atoms with Gasteiger partial charge in [-0.05, 0) is 5.56 Å². The second kappa shape index (κ2) is 8.36. The summed E-state index contributed by atoms with van der Waals surface area (Å²) in [5.74, 6) is -0.231. The maximum atomic E-state index is 12.5. The molecule has 148 valence electrons. The van der Waals surface area contributed by atoms with E-state index in [0.29, 0.717) is 21.7 Å². The van der Waals surface area contributed by atoms with Gasteiger partial charge in [0.05, 0.1) is 16.5 Å². The Labute approximate surface area is 178 Å². The number of rotatable bonds is 5. The molecule has 2 heterocycles. The van der Waals surface area contributed by atoms with Gasteiger partial charge in [-0.15, -0.1) is 0 Å². The summed E-state index contributed by atoms with van der Waals surface area (Å²) < 4.78 is 1.55. The first kappa shape index (κ1) is 19.6. The lowest BCUT2D eigenvalue weighted by Gasteiger charge is -2.13. The third kappa shape index (κ3) is 3.63. The van der Waals surface area contributed by atoms with Crippen molar-refractivity contribution in [3.8, 4) is 28.5 Å². The van der Waals surface area contributed by atoms with Crippen LogP contribution in [0.5, 0.6) is 0 Å². The van der Waals surface area contributed by atoms with Crippen LogP contribution < -0.4 is 0 Å². The minimum atomic E-state index is -0.231. The summed E-state index contributed by atoms with van der Waals surface area (Å²) in [6.07, 6.45) is 1.70. The lowest BCUT2D eigenvalue weighted by atomic mass is 10.0. The average molecular weight is 416 g/mol. The number of amides is 1. The smallest absolute Gasteiger partial charge is 0.244 e. The molecule has 30 heavy (non-hydrogen) atoms. The normalized spacial score (nSPS) is 10.7. The van der Waals surface area contributed by atoms with Gasteiger partial charge in [-0.2, -0.15) is 10.4 Å². The van der Waals surface area contributed by atoms with Crippen LogP contribution >= 0.6 is 11.6 Å². The largest absolute Gasteiger partial charge is 0.331 e. The molecule has 0 N–H and O–H groups in total. The Bertz CT molecular complexity index is 1250. The van der Waals surface area contributed by atoms with Gasteiger partial charge < -0.3 is 4.90 Å². The van der Waals surface area contributed by atoms with Gasteiger partial charge in [-0.3, -0.25) is 4.79 Å². The van der Waals surface area contributed by atoms with E-state index in [1.165, 1.54) is 4.90 Å². The Morgan fingerprint density at radius 2 is 1.73 bits per heavy atom. The lowest BCUT2D eigenvalue weighted by molar-refractivity contribution is -0.130. The number of carbonyl (C=O) groups is 1. The molecule has 0 saturated heterocycles. The van der Waals surface area contributed by atoms with Gasteiger partial charge in [0, 0.05) is 24.4 Å². The van der Waals surface area contributed by atoms with Gasteiger partial charge in [-0.25, -0.2) is 9.67 Å². The van der Waals surface area contributed by atoms with Gasteiger partial charge in [-0.1, -0.05) is 72.3 Å². The molecule has 0 aliphatic heterocycles. The Kier molecular flexibility index (Phi) is 5.46. The van der Waals surface area contributed by atoms with E-state index in [-0.39, 0.29) is 19.0 Å². The molecular formula is C23H18ClN5O. The first-order chi connectivity index (χ1) is 14.6. The van der Waals surface area contributed by atoms with Gasteiger partial charge in [0.2, 0.25) is 5.91 Å². The summed E-state index contributed by atoms with van der Waals surface area (Å²) in [5, 5.41) is 14.8. The number of likely N-dealkylation sites (N-methyl/N-ethyl adjacent to an activating group) is 1. The van der Waals surface area contributed by atoms with Crippen LogP contribution in [0, 0.1) is 11.3 Å². The molecule has 2 aromatic heterocycles. The zero-order chi connectivity index (χ0) is 21.1. The van der Waals surface area contributed by atoms with E-state index in [2.05, 4.69) is 10.1 Å². The van der Waals surface area contributed by atoms with Gasteiger partial charge in [0.1, 0.15) is 18.8 Å². The molecular weight excluding hydrogens is 398 g/mol. The van der Waals surface area contributed by atoms with Crippen LogP contribution in [0.3, 0.4) is 0 Å². The molecule has 0 aliphatic carbocycles. The highest BCUT2D eigenvalue weighted by atomic mass is 35.5. The van der Waals surface area contributed by atoms with Crippen molar-refractivity contribution < 1.29 is 4.79 Å². The van der Waals surface area contributed by atoms with Crippen LogP contribution in [0.15, 0.2) is 66.9 Å². The number of nitrogens with zero attached hydrogens (tertiary/aromatic N) is 5. The molecule has 0 bridgehead atoms. The number of halogens is 1. The number of benzene rings is 2. The van der Waals surface area contributed by atoms with Crippen molar-refractivity contribution in [2.45, 2.75) is 6.54 Å². The van der Waals surface area contributed by atoms with Gasteiger partial charge in [0.25, 0.3) is 0 Å². The molecule has 0 fully saturated rings. The fraction of sp³-hybridized carbons (Fsp3) is 0.130. The van der Waals surface area contributed by atoms with Crippen molar-refractivity contribution in [2.24, 2.45) is 0 Å². The van der Waals surface area contributed by atoms with Crippen molar-refractivity contribution in [3.05, 3.63) is 71.9 Å². The van der Waals surface area contributed by atoms with Crippen LogP contribution in [0.25, 0.3) is 33.4 Å². The van der Waals surface area contributed by atoms with Crippen molar-refractivity contribution in [3.63, 3.8) is 0 Å². The molecule has 0 aliphatic rings. The molecule has 7 heteroatoms. The van der Waals surface area contributed by atoms with E-state index in [9.17, 15) is 4.79 Å². The van der Waals surface area contributed by atoms with E-state index in [1.807, 2.05) is 66.7 Å². The highest BCUT2D eigenvalue weighted by molar-refractivity contribution is 6.39. The summed E-state index contributed by atoms with van der Waals surface area (Å²) in [6, 6.07) is 21.4. The molecule has 4 rings (SSSR count). The molecule has 0 saturated carbocycles. The predicted octanol–water partition coefficient (Wildman–Crippen LogP) is 4.40. The first-order valence-corrected chi connectivity index (χ1v) is 9.74. The third-order valence-corrected chi connectivity index (χ3v) is 5.24. The summed E-state index contributed by atoms with van der Waals surface area (Å²) >= 11 is 6.86. The van der Waals surface area contributed by atoms with Crippen LogP contribution in [0.2, 0.25) is 5.02 Å². The van der Waals surface area contributed by atoms with Gasteiger partial charge in [0.15, 0.2) is 5.65 Å². The molecule has 0 spiro atoms. The second-order valence-electron chi connectivity index (χ2n) is 6.83. The SMILES string of the molecule is CN(CC#N)C(=O)Cn1nc(-c2ccccc2)c2c(Cl)c(-c3ccccc3)cnc21. The third-order valence-electron chi connectivity index (χ3n) is 4.85. The van der Waals surface area contributed by atoms with Gasteiger partial charge >= 0.3 is 0 Å². The number of carbonyl (C=O) groups excluding carboxylic acids is 1. The lowest BCUT2D eigenvalue weighted by Crippen LogP contribution is -2.30. The van der Waals surface area contributed by atoms with E-state index in [0.717, 1.165) is 16.7 Å². The maximum Gasteiger partial charge on any atom is 0.244 e. The van der Waals surface area contributed by atoms with Crippen molar-refractivity contribution in [1.82, 2.24) is 19.7 Å². The van der Waals surface area contributed by atoms with E-state index in [1.54, 1.807) is 17.9 Å². The van der Waals surface area contributed by atoms with Crippen molar-refractivity contribution in [1.29, 1.82) is 5.26 Å². The highest BCUT2D eigenvalue weighted by Crippen LogP contribution is 2.38. The molecule has 4 aromatic rings. The Hall–Kier alpha value is -3.69. The van der Waals surface area contributed by atoms with Crippen molar-refractivity contribution >= 4 is 28.5 Å². The molecule has 0 radical (unpaired) electrons. The standard InChI is InChI=1S/C23H18ClN5O/c1-28(13-12-25)19(30)15-29-23-20(22(27-29)17-10-6-3-7-11-17)21(24)18(14-26-23)16-8-4-2-5-9-16/h2-11,14H,13,15H2,1H3. The number of fused-ring (bicyclic) bond motifs is 1. The van der Waals surface area contributed by atoms with E-state index >= 15 is 0 Å². The summed E-state index contributed by atoms with van der Waals surface area (Å²) in [6.45, 7) is -0.0224. The van der Waals surface area contributed by atoms with Crippen LogP contribution in [0.1, 0.15) is 0 Å². The van der Waals surface area contributed by atoms with Crippen LogP contribution in [-0.4, -0.2) is 39.2 Å². The Morgan fingerprint density at radius 3 is 2.37 bits per heavy atom. The summed E-state index contributed by atoms with van der Waals surface area (Å²) in [7, 11) is 1.59. The minimum Gasteiger partial charge on any atom is -0.331 e. The molecule has 2 aromatic carbocycles. The molecule has 1 amide bonds. The quantitative estimate of drug-likeness (QED) is 0.453. The number of pyridine rings is 1. The highest BCUT2D eigenvalue weighted by Gasteiger charge is 2.21. The van der Waals surface area contributed by atoms with E-state index < -0.39 is 0 Å². The second-order valence-corrected chi connectivity index (χ2v) is 7.21. The Morgan fingerprint density at radius 1 is 1.10 bits per heavy atom. The molecule has 6 nitrogen and oxygen atoms in total. The summed E-state index contributed by atoms with van der Waals surface area (Å²) in [5.41, 5.74) is 3.82. The minimum absolute atomic E-state index is 0.00984. The average Bonchev–Trinajstić information content (AvgIpc) is 3.14. The van der Waals surface area contributed by atoms with E-state index in [4.69, 9.17) is 16.9 Å². The predicted molar refractivity (Wildman–Crippen MR) is 117 cm³/mol. The zero-order valence-electron chi connectivity index (χ0n) is 16.3. The monoisotopic (exact) mass is 415 g/mol. The zero-order valence-corrected chi connectivity index (χ0v) is 17.0. The fourth-order valence-electron chi connectivity index (χ4n) is 3.27. The number of nitriles is 1.